The van der Waals surface area contributed by atoms with Crippen LogP contribution < -0.4 is 0 Å². The van der Waals surface area contributed by atoms with Gasteiger partial charge in [0.2, 0.25) is 0 Å². The Kier molecular flexibility index (Phi) is 3.11. The molecule has 6 heteroatoms. The van der Waals surface area contributed by atoms with Gasteiger partial charge in [-0.15, -0.1) is 0 Å². The van der Waals surface area contributed by atoms with Gasteiger partial charge in [0.25, 0.3) is 0 Å². The Bertz CT molecular complexity index is 415. The predicted molar refractivity (Wildman–Crippen MR) is 64.0 cm³/mol. The molecule has 1 heterocycles. The third-order valence-electron chi connectivity index (χ3n) is 2.78. The van der Waals surface area contributed by atoms with Gasteiger partial charge >= 0.3 is 6.18 Å². The van der Waals surface area contributed by atoms with Crippen molar-refractivity contribution in [2.75, 3.05) is 4.43 Å². The molecule has 1 nitrogen and oxygen atoms in total. The lowest BCUT2D eigenvalue weighted by Gasteiger charge is -2.14. The average Bonchev–Trinajstić information content (AvgIpc) is 2.97. The van der Waals surface area contributed by atoms with Crippen LogP contribution in [0.5, 0.6) is 0 Å². The summed E-state index contributed by atoms with van der Waals surface area (Å²) >= 11 is 8.09. The highest BCUT2D eigenvalue weighted by Crippen LogP contribution is 2.51. The van der Waals surface area contributed by atoms with Gasteiger partial charge in [0.1, 0.15) is 0 Å². The molecule has 2 rings (SSSR count). The van der Waals surface area contributed by atoms with Gasteiger partial charge in [-0.25, -0.2) is 0 Å². The Hall–Kier alpha value is -0.0400. The van der Waals surface area contributed by atoms with Gasteiger partial charge in [-0.3, -0.25) is 4.98 Å². The van der Waals surface area contributed by atoms with Gasteiger partial charge in [0.05, 0.1) is 16.3 Å². The highest BCUT2D eigenvalue weighted by molar-refractivity contribution is 14.1. The number of hydrogen-bond donors (Lipinski definition) is 0. The number of rotatable bonds is 2. The van der Waals surface area contributed by atoms with Crippen molar-refractivity contribution in [3.8, 4) is 0 Å². The highest BCUT2D eigenvalue weighted by Gasteiger charge is 2.46. The van der Waals surface area contributed by atoms with E-state index in [1.165, 1.54) is 0 Å². The molecular weight excluding hydrogens is 353 g/mol. The highest BCUT2D eigenvalue weighted by atomic mass is 127. The van der Waals surface area contributed by atoms with Crippen LogP contribution in [0.3, 0.4) is 0 Å². The Morgan fingerprint density at radius 3 is 2.44 bits per heavy atom. The number of aromatic nitrogens is 1. The lowest BCUT2D eigenvalue weighted by Crippen LogP contribution is -2.13. The molecule has 0 amide bonds. The second-order valence-electron chi connectivity index (χ2n) is 3.97. The molecule has 0 aromatic carbocycles. The summed E-state index contributed by atoms with van der Waals surface area (Å²) in [5, 5.41) is 0.129. The summed E-state index contributed by atoms with van der Waals surface area (Å²) in [5.41, 5.74) is -0.260. The summed E-state index contributed by atoms with van der Waals surface area (Å²) in [6.45, 7) is 0. The van der Waals surface area contributed by atoms with Crippen LogP contribution in [0.1, 0.15) is 24.1 Å². The molecule has 88 valence electrons. The number of halogens is 5. The second-order valence-corrected chi connectivity index (χ2v) is 5.14. The molecule has 0 N–H and O–H groups in total. The van der Waals surface area contributed by atoms with E-state index in [0.717, 1.165) is 29.5 Å². The van der Waals surface area contributed by atoms with E-state index in [0.29, 0.717) is 5.69 Å². The molecule has 1 saturated carbocycles. The smallest absolute Gasteiger partial charge is 0.258 e. The van der Waals surface area contributed by atoms with Crippen LogP contribution in [0, 0.1) is 0 Å². The second kappa shape index (κ2) is 4.01. The van der Waals surface area contributed by atoms with E-state index in [1.807, 2.05) is 0 Å². The first-order valence-electron chi connectivity index (χ1n) is 4.68. The van der Waals surface area contributed by atoms with Gasteiger partial charge in [-0.2, -0.15) is 13.2 Å². The maximum atomic E-state index is 12.4. The first kappa shape index (κ1) is 12.4. The molecule has 0 atom stereocenters. The van der Waals surface area contributed by atoms with Gasteiger partial charge in [-0.05, 0) is 18.9 Å². The summed E-state index contributed by atoms with van der Waals surface area (Å²) in [4.78, 5) is 3.89. The van der Waals surface area contributed by atoms with Crippen LogP contribution in [0.2, 0.25) is 5.02 Å². The Morgan fingerprint density at radius 1 is 1.44 bits per heavy atom. The largest absolute Gasteiger partial charge is 0.417 e. The van der Waals surface area contributed by atoms with Crippen LogP contribution in [0.4, 0.5) is 13.2 Å². The van der Waals surface area contributed by atoms with Crippen molar-refractivity contribution in [1.82, 2.24) is 4.98 Å². The van der Waals surface area contributed by atoms with Crippen LogP contribution in [0.25, 0.3) is 0 Å². The topological polar surface area (TPSA) is 12.9 Å². The third-order valence-corrected chi connectivity index (χ3v) is 4.53. The fourth-order valence-electron chi connectivity index (χ4n) is 1.57. The SMILES string of the molecule is FC(F)(F)c1cnc(C2(CI)CC2)c(Cl)c1. The van der Waals surface area contributed by atoms with Crippen LogP contribution in [-0.4, -0.2) is 9.41 Å². The minimum atomic E-state index is -4.38. The fourth-order valence-corrected chi connectivity index (χ4v) is 3.06. The van der Waals surface area contributed by atoms with Crippen LogP contribution in [0.15, 0.2) is 12.3 Å². The van der Waals surface area contributed by atoms with E-state index in [9.17, 15) is 13.2 Å². The molecule has 0 radical (unpaired) electrons. The monoisotopic (exact) mass is 361 g/mol. The summed E-state index contributed by atoms with van der Waals surface area (Å²) in [5.74, 6) is 0. The lowest BCUT2D eigenvalue weighted by molar-refractivity contribution is -0.137. The van der Waals surface area contributed by atoms with Crippen molar-refractivity contribution in [2.24, 2.45) is 0 Å². The van der Waals surface area contributed by atoms with E-state index in [1.54, 1.807) is 0 Å². The first-order valence-corrected chi connectivity index (χ1v) is 6.59. The van der Waals surface area contributed by atoms with Crippen molar-refractivity contribution in [3.63, 3.8) is 0 Å². The molecule has 16 heavy (non-hydrogen) atoms. The zero-order valence-electron chi connectivity index (χ0n) is 8.11. The first-order chi connectivity index (χ1) is 7.39. The van der Waals surface area contributed by atoms with E-state index >= 15 is 0 Å². The van der Waals surface area contributed by atoms with Crippen LogP contribution in [-0.2, 0) is 11.6 Å². The Labute approximate surface area is 110 Å². The molecule has 1 fully saturated rings. The van der Waals surface area contributed by atoms with E-state index < -0.39 is 11.7 Å². The summed E-state index contributed by atoms with van der Waals surface area (Å²) < 4.78 is 38.0. The number of nitrogens with zero attached hydrogens (tertiary/aromatic N) is 1. The Balaban J connectivity index is 2.38. The fraction of sp³-hybridized carbons (Fsp3) is 0.500. The summed E-state index contributed by atoms with van der Waals surface area (Å²) in [6.07, 6.45) is -1.61. The molecule has 0 aliphatic heterocycles. The molecule has 0 bridgehead atoms. The van der Waals surface area contributed by atoms with Crippen molar-refractivity contribution >= 4 is 34.2 Å². The zero-order chi connectivity index (χ0) is 12.0. The van der Waals surface area contributed by atoms with Crippen molar-refractivity contribution in [2.45, 2.75) is 24.4 Å². The summed E-state index contributed by atoms with van der Waals surface area (Å²) in [7, 11) is 0. The van der Waals surface area contributed by atoms with Gasteiger partial charge < -0.3 is 0 Å². The minimum absolute atomic E-state index is 0.0816. The number of pyridine rings is 1. The molecule has 0 unspecified atom stereocenters. The molecular formula is C10H8ClF3IN. The molecule has 0 saturated heterocycles. The maximum absolute atomic E-state index is 12.4. The normalized spacial score (nSPS) is 18.6. The van der Waals surface area contributed by atoms with Crippen LogP contribution >= 0.6 is 34.2 Å². The van der Waals surface area contributed by atoms with E-state index in [2.05, 4.69) is 27.6 Å². The zero-order valence-corrected chi connectivity index (χ0v) is 11.0. The molecule has 0 spiro atoms. The Morgan fingerprint density at radius 2 is 2.06 bits per heavy atom. The third kappa shape index (κ3) is 2.16. The number of alkyl halides is 4. The van der Waals surface area contributed by atoms with Crippen molar-refractivity contribution < 1.29 is 13.2 Å². The van der Waals surface area contributed by atoms with Gasteiger partial charge in [0.15, 0.2) is 0 Å². The maximum Gasteiger partial charge on any atom is 0.417 e. The lowest BCUT2D eigenvalue weighted by atomic mass is 10.0. The average molecular weight is 362 g/mol. The summed E-state index contributed by atoms with van der Waals surface area (Å²) in [6, 6.07) is 0.969. The molecule has 1 aromatic rings. The minimum Gasteiger partial charge on any atom is -0.258 e. The van der Waals surface area contributed by atoms with Gasteiger partial charge in [0, 0.05) is 16.0 Å². The predicted octanol–water partition coefficient (Wildman–Crippen LogP) is 4.22. The quantitative estimate of drug-likeness (QED) is 0.568. The molecule has 1 aromatic heterocycles. The van der Waals surface area contributed by atoms with Gasteiger partial charge in [-0.1, -0.05) is 34.2 Å². The van der Waals surface area contributed by atoms with E-state index in [-0.39, 0.29) is 10.4 Å². The number of hydrogen-bond acceptors (Lipinski definition) is 1. The van der Waals surface area contributed by atoms with E-state index in [4.69, 9.17) is 11.6 Å². The van der Waals surface area contributed by atoms with Crippen molar-refractivity contribution in [1.29, 1.82) is 0 Å². The standard InChI is InChI=1S/C10H8ClF3IN/c11-7-3-6(10(12,13)14)4-16-8(7)9(5-15)1-2-9/h3-4H,1-2,5H2. The molecule has 1 aliphatic carbocycles. The van der Waals surface area contributed by atoms with Crippen molar-refractivity contribution in [3.05, 3.63) is 28.5 Å². The molecule has 1 aliphatic rings.